The van der Waals surface area contributed by atoms with Gasteiger partial charge in [0.15, 0.2) is 0 Å². The first-order chi connectivity index (χ1) is 13.1. The lowest BCUT2D eigenvalue weighted by Crippen LogP contribution is -2.35. The first kappa shape index (κ1) is 16.9. The maximum atomic E-state index is 11.2. The zero-order chi connectivity index (χ0) is 18.5. The highest BCUT2D eigenvalue weighted by atomic mass is 35.5. The Morgan fingerprint density at radius 1 is 1.19 bits per heavy atom. The molecular formula is C22H19ClN2OS. The van der Waals surface area contributed by atoms with Crippen LogP contribution < -0.4 is 16.2 Å². The van der Waals surface area contributed by atoms with Crippen molar-refractivity contribution in [2.45, 2.75) is 19.0 Å². The van der Waals surface area contributed by atoms with Crippen LogP contribution >= 0.6 is 22.9 Å². The van der Waals surface area contributed by atoms with Crippen LogP contribution in [-0.2, 0) is 13.1 Å². The van der Waals surface area contributed by atoms with E-state index in [9.17, 15) is 5.11 Å². The fourth-order valence-corrected chi connectivity index (χ4v) is 5.52. The number of fused-ring (bicyclic) bond motifs is 1. The number of nitrogens with zero attached hydrogens (tertiary/aromatic N) is 1. The van der Waals surface area contributed by atoms with E-state index >= 15 is 0 Å². The summed E-state index contributed by atoms with van der Waals surface area (Å²) >= 11 is 7.86. The van der Waals surface area contributed by atoms with Crippen LogP contribution in [0.1, 0.15) is 27.5 Å². The van der Waals surface area contributed by atoms with Crippen molar-refractivity contribution in [2.75, 3.05) is 12.3 Å². The summed E-state index contributed by atoms with van der Waals surface area (Å²) in [7, 11) is 0. The van der Waals surface area contributed by atoms with Gasteiger partial charge in [-0.2, -0.15) is 0 Å². The lowest BCUT2D eigenvalue weighted by Gasteiger charge is -2.32. The molecule has 136 valence electrons. The van der Waals surface area contributed by atoms with Crippen LogP contribution in [0.3, 0.4) is 0 Å². The molecular weight excluding hydrogens is 376 g/mol. The molecule has 27 heavy (non-hydrogen) atoms. The van der Waals surface area contributed by atoms with Crippen LogP contribution in [0.2, 0.25) is 5.02 Å². The summed E-state index contributed by atoms with van der Waals surface area (Å²) in [6, 6.07) is 16.1. The second-order valence-electron chi connectivity index (χ2n) is 7.19. The molecule has 3 aromatic rings. The predicted molar refractivity (Wildman–Crippen MR) is 112 cm³/mol. The summed E-state index contributed by atoms with van der Waals surface area (Å²) in [5, 5.41) is 14.4. The van der Waals surface area contributed by atoms with Crippen LogP contribution in [0.5, 0.6) is 0 Å². The third kappa shape index (κ3) is 2.85. The Bertz CT molecular complexity index is 1150. The van der Waals surface area contributed by atoms with E-state index < -0.39 is 0 Å². The van der Waals surface area contributed by atoms with E-state index in [0.717, 1.165) is 40.6 Å². The van der Waals surface area contributed by atoms with E-state index in [1.807, 2.05) is 24.3 Å². The molecule has 0 amide bonds. The first-order valence-electron chi connectivity index (χ1n) is 8.98. The number of benzene rings is 2. The van der Waals surface area contributed by atoms with Crippen molar-refractivity contribution in [3.8, 4) is 0 Å². The number of rotatable bonds is 2. The molecule has 5 heteroatoms. The number of aliphatic hydroxyl groups excluding tert-OH is 1. The molecule has 0 bridgehead atoms. The van der Waals surface area contributed by atoms with Gasteiger partial charge in [0.05, 0.1) is 10.9 Å². The number of halogens is 1. The molecule has 0 spiro atoms. The highest BCUT2D eigenvalue weighted by Crippen LogP contribution is 2.44. The van der Waals surface area contributed by atoms with E-state index in [-0.39, 0.29) is 5.92 Å². The van der Waals surface area contributed by atoms with Crippen molar-refractivity contribution < 1.29 is 5.11 Å². The molecule has 1 aromatic heterocycles. The van der Waals surface area contributed by atoms with Gasteiger partial charge in [0, 0.05) is 40.3 Å². The maximum absolute atomic E-state index is 11.2. The van der Waals surface area contributed by atoms with Gasteiger partial charge in [-0.05, 0) is 34.6 Å². The molecule has 0 saturated carbocycles. The molecule has 3 nitrogen and oxygen atoms in total. The average molecular weight is 395 g/mol. The predicted octanol–water partition coefficient (Wildman–Crippen LogP) is 3.59. The normalized spacial score (nSPS) is 18.4. The van der Waals surface area contributed by atoms with E-state index in [0.29, 0.717) is 10.8 Å². The molecule has 2 aromatic carbocycles. The van der Waals surface area contributed by atoms with Crippen molar-refractivity contribution >= 4 is 39.8 Å². The van der Waals surface area contributed by atoms with Gasteiger partial charge in [0.1, 0.15) is 5.76 Å². The van der Waals surface area contributed by atoms with Gasteiger partial charge in [-0.25, -0.2) is 0 Å². The van der Waals surface area contributed by atoms with Gasteiger partial charge < -0.3 is 10.8 Å². The van der Waals surface area contributed by atoms with Gasteiger partial charge in [-0.15, -0.1) is 11.3 Å². The van der Waals surface area contributed by atoms with Crippen molar-refractivity contribution in [1.82, 2.24) is 4.90 Å². The Labute approximate surface area is 166 Å². The van der Waals surface area contributed by atoms with Gasteiger partial charge >= 0.3 is 0 Å². The molecule has 0 fully saturated rings. The van der Waals surface area contributed by atoms with Crippen LogP contribution in [0.15, 0.2) is 48.5 Å². The third-order valence-corrected chi connectivity index (χ3v) is 6.69. The van der Waals surface area contributed by atoms with Gasteiger partial charge in [-0.1, -0.05) is 48.0 Å². The zero-order valence-electron chi connectivity index (χ0n) is 14.7. The summed E-state index contributed by atoms with van der Waals surface area (Å²) in [6.45, 7) is 2.47. The largest absolute Gasteiger partial charge is 0.511 e. The highest BCUT2D eigenvalue weighted by molar-refractivity contribution is 7.16. The van der Waals surface area contributed by atoms with E-state index in [2.05, 4.69) is 35.2 Å². The summed E-state index contributed by atoms with van der Waals surface area (Å²) < 4.78 is 0. The topological polar surface area (TPSA) is 49.5 Å². The van der Waals surface area contributed by atoms with Gasteiger partial charge in [-0.3, -0.25) is 4.90 Å². The molecule has 1 aliphatic carbocycles. The molecule has 3 N–H and O–H groups in total. The molecule has 2 heterocycles. The first-order valence-corrected chi connectivity index (χ1v) is 10.2. The maximum Gasteiger partial charge on any atom is 0.109 e. The second kappa shape index (κ2) is 6.41. The van der Waals surface area contributed by atoms with Crippen molar-refractivity contribution in [3.63, 3.8) is 0 Å². The fourth-order valence-electron chi connectivity index (χ4n) is 4.20. The smallest absolute Gasteiger partial charge is 0.109 e. The minimum atomic E-state index is -0.0861. The molecule has 2 aliphatic rings. The van der Waals surface area contributed by atoms with Crippen molar-refractivity contribution in [2.24, 2.45) is 0 Å². The van der Waals surface area contributed by atoms with E-state index in [1.54, 1.807) is 11.3 Å². The van der Waals surface area contributed by atoms with Crippen LogP contribution in [0.4, 0.5) is 5.00 Å². The van der Waals surface area contributed by atoms with Crippen molar-refractivity contribution in [3.05, 3.63) is 85.6 Å². The number of aliphatic hydroxyl groups is 1. The third-order valence-electron chi connectivity index (χ3n) is 5.42. The van der Waals surface area contributed by atoms with E-state index in [4.69, 9.17) is 17.3 Å². The Hall–Kier alpha value is -2.27. The fraction of sp³-hybridized carbons (Fsp3) is 0.182. The minimum Gasteiger partial charge on any atom is -0.511 e. The number of nitrogen functional groups attached to an aromatic ring is 1. The Kier molecular flexibility index (Phi) is 4.01. The summed E-state index contributed by atoms with van der Waals surface area (Å²) in [4.78, 5) is 3.63. The molecule has 0 saturated heterocycles. The summed E-state index contributed by atoms with van der Waals surface area (Å²) in [5.74, 6) is 0.302. The van der Waals surface area contributed by atoms with Gasteiger partial charge in [0.25, 0.3) is 0 Å². The second-order valence-corrected chi connectivity index (χ2v) is 8.76. The Morgan fingerprint density at radius 2 is 2.00 bits per heavy atom. The number of thiophene rings is 1. The highest BCUT2D eigenvalue weighted by Gasteiger charge is 2.34. The van der Waals surface area contributed by atoms with Crippen LogP contribution in [0.25, 0.3) is 11.8 Å². The standard InChI is InChI=1S/C22H19ClN2OS/c23-15-7-6-14-8-17-20-18(21(26)16(14)9-15)11-25(12-19(20)27-22(17)24)10-13-4-2-1-3-5-13/h1-9,18,26H,10-12,24H2. The zero-order valence-corrected chi connectivity index (χ0v) is 16.2. The Balaban J connectivity index is 1.65. The lowest BCUT2D eigenvalue weighted by atomic mass is 9.90. The number of anilines is 1. The number of nitrogens with two attached hydrogens (primary N) is 1. The average Bonchev–Trinajstić information content (AvgIpc) is 2.91. The Morgan fingerprint density at radius 3 is 2.81 bits per heavy atom. The molecule has 0 radical (unpaired) electrons. The summed E-state index contributed by atoms with van der Waals surface area (Å²) in [5.41, 5.74) is 9.90. The quantitative estimate of drug-likeness (QED) is 0.698. The number of hydrogen-bond acceptors (Lipinski definition) is 4. The molecule has 1 unspecified atom stereocenters. The summed E-state index contributed by atoms with van der Waals surface area (Å²) in [6.07, 6.45) is 2.10. The van der Waals surface area contributed by atoms with Crippen molar-refractivity contribution in [1.29, 1.82) is 0 Å². The lowest BCUT2D eigenvalue weighted by molar-refractivity contribution is 0.229. The van der Waals surface area contributed by atoms with Crippen LogP contribution in [0, 0.1) is 0 Å². The monoisotopic (exact) mass is 394 g/mol. The van der Waals surface area contributed by atoms with Crippen LogP contribution in [-0.4, -0.2) is 16.6 Å². The SMILES string of the molecule is Nc1sc2c3c1C=c1ccc(Cl)cc1=C(O)C3CN(Cc1ccccc1)C2. The number of hydrogen-bond donors (Lipinski definition) is 2. The molecule has 5 rings (SSSR count). The minimum absolute atomic E-state index is 0.0861. The molecule has 1 aliphatic heterocycles. The molecule has 1 atom stereocenters. The van der Waals surface area contributed by atoms with Gasteiger partial charge in [0.2, 0.25) is 0 Å². The van der Waals surface area contributed by atoms with E-state index in [1.165, 1.54) is 16.0 Å².